The number of nitrogens with zero attached hydrogens (tertiary/aromatic N) is 1. The van der Waals surface area contributed by atoms with Crippen LogP contribution < -0.4 is 10.6 Å². The van der Waals surface area contributed by atoms with Gasteiger partial charge in [-0.1, -0.05) is 20.3 Å². The molecule has 0 spiro atoms. The lowest BCUT2D eigenvalue weighted by molar-refractivity contribution is -0.123. The molecular formula is C15H31N3O. The maximum Gasteiger partial charge on any atom is 0.237 e. The quantitative estimate of drug-likeness (QED) is 0.627. The van der Waals surface area contributed by atoms with Crippen LogP contribution in [0.1, 0.15) is 52.4 Å². The zero-order valence-corrected chi connectivity index (χ0v) is 12.7. The standard InChI is InChI=1S/C15H31N3O/c1-3-11-18(12-4-2)13-7-10-17-15(19)14-8-5-6-9-16-14/h14,16H,3-13H2,1-2H3,(H,17,19)/t14-/m1/s1. The minimum Gasteiger partial charge on any atom is -0.355 e. The molecule has 1 rings (SSSR count). The molecule has 1 heterocycles. The van der Waals surface area contributed by atoms with Crippen molar-refractivity contribution in [2.45, 2.75) is 58.4 Å². The number of amides is 1. The second-order valence-electron chi connectivity index (χ2n) is 5.49. The number of hydrogen-bond acceptors (Lipinski definition) is 3. The molecule has 0 bridgehead atoms. The van der Waals surface area contributed by atoms with Gasteiger partial charge in [0.15, 0.2) is 0 Å². The van der Waals surface area contributed by atoms with Crippen molar-refractivity contribution in [3.05, 3.63) is 0 Å². The Bertz CT molecular complexity index is 234. The average Bonchev–Trinajstić information content (AvgIpc) is 2.44. The largest absolute Gasteiger partial charge is 0.355 e. The van der Waals surface area contributed by atoms with Crippen LogP contribution in [0.5, 0.6) is 0 Å². The summed E-state index contributed by atoms with van der Waals surface area (Å²) in [7, 11) is 0. The highest BCUT2D eigenvalue weighted by Gasteiger charge is 2.19. The second-order valence-corrected chi connectivity index (χ2v) is 5.49. The maximum absolute atomic E-state index is 11.9. The van der Waals surface area contributed by atoms with Gasteiger partial charge >= 0.3 is 0 Å². The van der Waals surface area contributed by atoms with Crippen LogP contribution in [0, 0.1) is 0 Å². The van der Waals surface area contributed by atoms with Crippen molar-refractivity contribution in [2.24, 2.45) is 0 Å². The first-order valence-electron chi connectivity index (χ1n) is 8.01. The molecule has 0 aromatic rings. The Morgan fingerprint density at radius 1 is 1.21 bits per heavy atom. The van der Waals surface area contributed by atoms with Crippen molar-refractivity contribution in [3.63, 3.8) is 0 Å². The van der Waals surface area contributed by atoms with E-state index in [1.54, 1.807) is 0 Å². The molecule has 4 nitrogen and oxygen atoms in total. The minimum absolute atomic E-state index is 0.0520. The maximum atomic E-state index is 11.9. The van der Waals surface area contributed by atoms with Crippen LogP contribution in [-0.2, 0) is 4.79 Å². The van der Waals surface area contributed by atoms with Gasteiger partial charge in [0.25, 0.3) is 0 Å². The van der Waals surface area contributed by atoms with Crippen molar-refractivity contribution in [2.75, 3.05) is 32.7 Å². The molecule has 0 unspecified atom stereocenters. The van der Waals surface area contributed by atoms with Gasteiger partial charge in [0.1, 0.15) is 0 Å². The lowest BCUT2D eigenvalue weighted by Gasteiger charge is -2.23. The molecule has 0 aliphatic carbocycles. The summed E-state index contributed by atoms with van der Waals surface area (Å²) in [6.45, 7) is 9.68. The highest BCUT2D eigenvalue weighted by molar-refractivity contribution is 5.81. The Kier molecular flexibility index (Phi) is 8.84. The van der Waals surface area contributed by atoms with Gasteiger partial charge in [-0.25, -0.2) is 0 Å². The molecule has 4 heteroatoms. The Morgan fingerprint density at radius 3 is 2.53 bits per heavy atom. The van der Waals surface area contributed by atoms with E-state index in [0.29, 0.717) is 0 Å². The summed E-state index contributed by atoms with van der Waals surface area (Å²) in [5.41, 5.74) is 0. The molecule has 1 atom stereocenters. The third kappa shape index (κ3) is 6.92. The topological polar surface area (TPSA) is 44.4 Å². The predicted octanol–water partition coefficient (Wildman–Crippen LogP) is 1.76. The SMILES string of the molecule is CCCN(CCC)CCCNC(=O)[C@H]1CCCCN1. The van der Waals surface area contributed by atoms with Gasteiger partial charge in [0.2, 0.25) is 5.91 Å². The summed E-state index contributed by atoms with van der Waals surface area (Å²) in [6, 6.07) is 0.0520. The van der Waals surface area contributed by atoms with Crippen molar-refractivity contribution < 1.29 is 4.79 Å². The Morgan fingerprint density at radius 2 is 1.95 bits per heavy atom. The Balaban J connectivity index is 2.09. The van der Waals surface area contributed by atoms with E-state index in [1.165, 1.54) is 38.8 Å². The number of piperidine rings is 1. The molecule has 2 N–H and O–H groups in total. The van der Waals surface area contributed by atoms with Crippen LogP contribution in [0.3, 0.4) is 0 Å². The second kappa shape index (κ2) is 10.2. The molecule has 0 radical (unpaired) electrons. The predicted molar refractivity (Wildman–Crippen MR) is 80.3 cm³/mol. The van der Waals surface area contributed by atoms with Crippen LogP contribution in [0.4, 0.5) is 0 Å². The van der Waals surface area contributed by atoms with Gasteiger partial charge in [0.05, 0.1) is 6.04 Å². The summed E-state index contributed by atoms with van der Waals surface area (Å²) >= 11 is 0. The van der Waals surface area contributed by atoms with Crippen molar-refractivity contribution in [1.29, 1.82) is 0 Å². The van der Waals surface area contributed by atoms with Gasteiger partial charge in [0, 0.05) is 6.54 Å². The van der Waals surface area contributed by atoms with Crippen molar-refractivity contribution >= 4 is 5.91 Å². The van der Waals surface area contributed by atoms with E-state index in [1.807, 2.05) is 0 Å². The monoisotopic (exact) mass is 269 g/mol. The average molecular weight is 269 g/mol. The number of nitrogens with one attached hydrogen (secondary N) is 2. The van der Waals surface area contributed by atoms with E-state index in [4.69, 9.17) is 0 Å². The summed E-state index contributed by atoms with van der Waals surface area (Å²) < 4.78 is 0. The number of hydrogen-bond donors (Lipinski definition) is 2. The number of carbonyl (C=O) groups is 1. The highest BCUT2D eigenvalue weighted by Crippen LogP contribution is 2.06. The summed E-state index contributed by atoms with van der Waals surface area (Å²) in [6.07, 6.45) is 6.83. The van der Waals surface area contributed by atoms with E-state index in [0.717, 1.165) is 32.5 Å². The lowest BCUT2D eigenvalue weighted by atomic mass is 10.0. The fraction of sp³-hybridized carbons (Fsp3) is 0.933. The molecule has 1 aliphatic rings. The molecule has 112 valence electrons. The van der Waals surface area contributed by atoms with Gasteiger partial charge in [-0.15, -0.1) is 0 Å². The van der Waals surface area contributed by atoms with Gasteiger partial charge in [-0.3, -0.25) is 4.79 Å². The van der Waals surface area contributed by atoms with Crippen LogP contribution >= 0.6 is 0 Å². The van der Waals surface area contributed by atoms with Crippen LogP contribution in [-0.4, -0.2) is 49.6 Å². The van der Waals surface area contributed by atoms with E-state index in [2.05, 4.69) is 29.4 Å². The van der Waals surface area contributed by atoms with E-state index in [9.17, 15) is 4.79 Å². The summed E-state index contributed by atoms with van der Waals surface area (Å²) in [5.74, 6) is 0.192. The van der Waals surface area contributed by atoms with Gasteiger partial charge < -0.3 is 15.5 Å². The summed E-state index contributed by atoms with van der Waals surface area (Å²) in [5, 5.41) is 6.35. The summed E-state index contributed by atoms with van der Waals surface area (Å²) in [4.78, 5) is 14.4. The van der Waals surface area contributed by atoms with E-state index in [-0.39, 0.29) is 11.9 Å². The zero-order chi connectivity index (χ0) is 13.9. The third-order valence-electron chi connectivity index (χ3n) is 3.66. The van der Waals surface area contributed by atoms with Gasteiger partial charge in [-0.2, -0.15) is 0 Å². The van der Waals surface area contributed by atoms with Crippen molar-refractivity contribution in [1.82, 2.24) is 15.5 Å². The molecule has 1 saturated heterocycles. The molecule has 0 aromatic carbocycles. The molecule has 1 fully saturated rings. The molecule has 19 heavy (non-hydrogen) atoms. The fourth-order valence-electron chi connectivity index (χ4n) is 2.68. The smallest absolute Gasteiger partial charge is 0.237 e. The Labute approximate surface area is 118 Å². The molecular weight excluding hydrogens is 238 g/mol. The Hall–Kier alpha value is -0.610. The molecule has 0 aromatic heterocycles. The first-order valence-corrected chi connectivity index (χ1v) is 8.01. The number of rotatable bonds is 9. The van der Waals surface area contributed by atoms with E-state index >= 15 is 0 Å². The lowest BCUT2D eigenvalue weighted by Crippen LogP contribution is -2.47. The third-order valence-corrected chi connectivity index (χ3v) is 3.66. The normalized spacial score (nSPS) is 19.6. The van der Waals surface area contributed by atoms with Crippen LogP contribution in [0.15, 0.2) is 0 Å². The number of carbonyl (C=O) groups excluding carboxylic acids is 1. The zero-order valence-electron chi connectivity index (χ0n) is 12.7. The van der Waals surface area contributed by atoms with Crippen LogP contribution in [0.2, 0.25) is 0 Å². The first-order chi connectivity index (χ1) is 9.27. The molecule has 1 amide bonds. The fourth-order valence-corrected chi connectivity index (χ4v) is 2.68. The first kappa shape index (κ1) is 16.4. The highest BCUT2D eigenvalue weighted by atomic mass is 16.2. The molecule has 0 saturated carbocycles. The van der Waals surface area contributed by atoms with Crippen molar-refractivity contribution in [3.8, 4) is 0 Å². The van der Waals surface area contributed by atoms with Crippen LogP contribution in [0.25, 0.3) is 0 Å². The van der Waals surface area contributed by atoms with Gasteiger partial charge in [-0.05, 0) is 58.3 Å². The minimum atomic E-state index is 0.0520. The van der Waals surface area contributed by atoms with E-state index < -0.39 is 0 Å². The molecule has 1 aliphatic heterocycles.